The maximum absolute atomic E-state index is 6.10. The summed E-state index contributed by atoms with van der Waals surface area (Å²) < 4.78 is 4.30. The van der Waals surface area contributed by atoms with Gasteiger partial charge in [0.2, 0.25) is 0 Å². The van der Waals surface area contributed by atoms with Crippen LogP contribution in [-0.2, 0) is 19.5 Å². The van der Waals surface area contributed by atoms with Gasteiger partial charge in [-0.15, -0.1) is 10.2 Å². The first-order valence-electron chi connectivity index (χ1n) is 9.30. The highest BCUT2D eigenvalue weighted by atomic mass is 35.5. The molecule has 1 aliphatic rings. The van der Waals surface area contributed by atoms with E-state index in [2.05, 4.69) is 76.0 Å². The fourth-order valence-corrected chi connectivity index (χ4v) is 4.47. The predicted octanol–water partition coefficient (Wildman–Crippen LogP) is 5.10. The minimum atomic E-state index is -0.0559. The van der Waals surface area contributed by atoms with Crippen molar-refractivity contribution in [3.8, 4) is 11.4 Å². The summed E-state index contributed by atoms with van der Waals surface area (Å²) in [5.74, 6) is 1.95. The second-order valence-corrected chi connectivity index (χ2v) is 7.99. The Hall–Kier alpha value is -2.59. The Morgan fingerprint density at radius 3 is 2.44 bits per heavy atom. The van der Waals surface area contributed by atoms with Gasteiger partial charge in [0, 0.05) is 36.4 Å². The molecule has 0 atom stereocenters. The Balaban J connectivity index is 1.61. The van der Waals surface area contributed by atoms with Crippen LogP contribution in [0.1, 0.15) is 30.7 Å². The maximum atomic E-state index is 6.10. The molecule has 0 radical (unpaired) electrons. The van der Waals surface area contributed by atoms with Crippen LogP contribution in [0.25, 0.3) is 22.3 Å². The lowest BCUT2D eigenvalue weighted by Crippen LogP contribution is -2.38. The van der Waals surface area contributed by atoms with E-state index >= 15 is 0 Å². The molecule has 27 heavy (non-hydrogen) atoms. The first kappa shape index (κ1) is 16.6. The molecule has 0 amide bonds. The van der Waals surface area contributed by atoms with E-state index in [4.69, 9.17) is 11.6 Å². The topological polar surface area (TPSA) is 35.6 Å². The molecule has 1 fully saturated rings. The molecule has 5 rings (SSSR count). The normalized spacial score (nSPS) is 15.8. The summed E-state index contributed by atoms with van der Waals surface area (Å²) in [7, 11) is 4.15. The summed E-state index contributed by atoms with van der Waals surface area (Å²) in [4.78, 5) is 0. The Morgan fingerprint density at radius 2 is 1.74 bits per heavy atom. The lowest BCUT2D eigenvalue weighted by molar-refractivity contribution is 0.278. The van der Waals surface area contributed by atoms with Crippen LogP contribution in [0.5, 0.6) is 0 Å². The molecule has 0 aliphatic heterocycles. The van der Waals surface area contributed by atoms with Crippen molar-refractivity contribution >= 4 is 22.5 Å². The number of nitrogens with zero attached hydrogens (tertiary/aromatic N) is 4. The molecule has 2 aromatic heterocycles. The van der Waals surface area contributed by atoms with Crippen LogP contribution >= 0.6 is 11.6 Å². The Labute approximate surface area is 163 Å². The highest BCUT2D eigenvalue weighted by Gasteiger charge is 2.44. The number of hydrogen-bond acceptors (Lipinski definition) is 2. The minimum absolute atomic E-state index is 0.0559. The number of benzene rings is 2. The molecular formula is C22H21ClN4. The molecule has 1 saturated carbocycles. The molecule has 4 aromatic rings. The quantitative estimate of drug-likeness (QED) is 0.498. The van der Waals surface area contributed by atoms with Crippen LogP contribution in [-0.4, -0.2) is 19.3 Å². The smallest absolute Gasteiger partial charge is 0.163 e. The summed E-state index contributed by atoms with van der Waals surface area (Å²) in [6.07, 6.45) is 5.48. The van der Waals surface area contributed by atoms with Gasteiger partial charge in [0.15, 0.2) is 5.82 Å². The maximum Gasteiger partial charge on any atom is 0.163 e. The summed E-state index contributed by atoms with van der Waals surface area (Å²) in [6, 6.07) is 16.8. The van der Waals surface area contributed by atoms with E-state index in [-0.39, 0.29) is 5.41 Å². The van der Waals surface area contributed by atoms with Gasteiger partial charge in [-0.25, -0.2) is 0 Å². The first-order chi connectivity index (χ1) is 13.1. The third-order valence-electron chi connectivity index (χ3n) is 6.05. The Kier molecular flexibility index (Phi) is 3.66. The van der Waals surface area contributed by atoms with Crippen LogP contribution in [0.3, 0.4) is 0 Å². The molecule has 2 aromatic carbocycles. The van der Waals surface area contributed by atoms with Crippen molar-refractivity contribution in [3.05, 3.63) is 71.1 Å². The summed E-state index contributed by atoms with van der Waals surface area (Å²) in [5, 5.41) is 11.2. The van der Waals surface area contributed by atoms with E-state index in [9.17, 15) is 0 Å². The molecule has 0 spiro atoms. The van der Waals surface area contributed by atoms with Gasteiger partial charge in [0.05, 0.1) is 5.41 Å². The third kappa shape index (κ3) is 2.43. The fourth-order valence-electron chi connectivity index (χ4n) is 4.34. The number of halogens is 1. The van der Waals surface area contributed by atoms with Gasteiger partial charge >= 0.3 is 0 Å². The van der Waals surface area contributed by atoms with Gasteiger partial charge in [-0.1, -0.05) is 42.3 Å². The van der Waals surface area contributed by atoms with E-state index in [0.29, 0.717) is 0 Å². The van der Waals surface area contributed by atoms with Crippen molar-refractivity contribution in [1.82, 2.24) is 19.3 Å². The van der Waals surface area contributed by atoms with Gasteiger partial charge in [-0.05, 0) is 48.1 Å². The van der Waals surface area contributed by atoms with E-state index in [0.717, 1.165) is 35.1 Å². The average Bonchev–Trinajstić information content (AvgIpc) is 3.19. The van der Waals surface area contributed by atoms with Gasteiger partial charge in [-0.3, -0.25) is 0 Å². The molecular weight excluding hydrogens is 356 g/mol. The summed E-state index contributed by atoms with van der Waals surface area (Å²) in [6.45, 7) is 0. The highest BCUT2D eigenvalue weighted by molar-refractivity contribution is 6.30. The van der Waals surface area contributed by atoms with Gasteiger partial charge in [-0.2, -0.15) is 0 Å². The van der Waals surface area contributed by atoms with Crippen LogP contribution in [0.4, 0.5) is 0 Å². The zero-order valence-electron chi connectivity index (χ0n) is 15.5. The molecule has 4 nitrogen and oxygen atoms in total. The van der Waals surface area contributed by atoms with Crippen molar-refractivity contribution in [3.63, 3.8) is 0 Å². The van der Waals surface area contributed by atoms with Crippen molar-refractivity contribution in [2.24, 2.45) is 14.1 Å². The molecule has 136 valence electrons. The van der Waals surface area contributed by atoms with Crippen LogP contribution < -0.4 is 0 Å². The molecule has 0 N–H and O–H groups in total. The van der Waals surface area contributed by atoms with Crippen LogP contribution in [0.2, 0.25) is 5.02 Å². The van der Waals surface area contributed by atoms with Crippen LogP contribution in [0.15, 0.2) is 54.7 Å². The van der Waals surface area contributed by atoms with E-state index in [1.807, 2.05) is 12.1 Å². The number of aryl methyl sites for hydroxylation is 1. The first-order valence-corrected chi connectivity index (χ1v) is 9.68. The Morgan fingerprint density at radius 1 is 0.963 bits per heavy atom. The average molecular weight is 377 g/mol. The zero-order chi connectivity index (χ0) is 18.6. The van der Waals surface area contributed by atoms with E-state index in [1.54, 1.807) is 0 Å². The highest BCUT2D eigenvalue weighted by Crippen LogP contribution is 2.48. The van der Waals surface area contributed by atoms with Gasteiger partial charge < -0.3 is 9.13 Å². The second-order valence-electron chi connectivity index (χ2n) is 7.55. The number of fused-ring (bicyclic) bond motifs is 1. The molecule has 0 saturated heterocycles. The fraction of sp³-hybridized carbons (Fsp3) is 0.273. The monoisotopic (exact) mass is 376 g/mol. The van der Waals surface area contributed by atoms with Gasteiger partial charge in [0.1, 0.15) is 5.82 Å². The third-order valence-corrected chi connectivity index (χ3v) is 6.31. The van der Waals surface area contributed by atoms with Crippen molar-refractivity contribution < 1.29 is 0 Å². The number of aromatic nitrogens is 4. The largest absolute Gasteiger partial charge is 0.351 e. The van der Waals surface area contributed by atoms with Crippen LogP contribution in [0, 0.1) is 0 Å². The zero-order valence-corrected chi connectivity index (χ0v) is 16.2. The SMILES string of the molecule is Cn1c(-c2ccc3ccn(C)c3c2)nnc1C1(c2ccc(Cl)cc2)CCC1. The lowest BCUT2D eigenvalue weighted by Gasteiger charge is -2.41. The Bertz CT molecular complexity index is 1130. The predicted molar refractivity (Wildman–Crippen MR) is 109 cm³/mol. The van der Waals surface area contributed by atoms with E-state index < -0.39 is 0 Å². The van der Waals surface area contributed by atoms with Crippen molar-refractivity contribution in [1.29, 1.82) is 0 Å². The summed E-state index contributed by atoms with van der Waals surface area (Å²) >= 11 is 6.10. The molecule has 1 aliphatic carbocycles. The second kappa shape index (κ2) is 5.96. The lowest BCUT2D eigenvalue weighted by atomic mass is 9.64. The molecule has 5 heteroatoms. The van der Waals surface area contributed by atoms with Gasteiger partial charge in [0.25, 0.3) is 0 Å². The minimum Gasteiger partial charge on any atom is -0.351 e. The number of hydrogen-bond donors (Lipinski definition) is 0. The van der Waals surface area contributed by atoms with E-state index in [1.165, 1.54) is 22.9 Å². The standard InChI is InChI=1S/C22H21ClN4/c1-26-13-10-15-4-5-16(14-19(15)26)20-24-25-21(27(20)2)22(11-3-12-22)17-6-8-18(23)9-7-17/h4-10,13-14H,3,11-12H2,1-2H3. The summed E-state index contributed by atoms with van der Waals surface area (Å²) in [5.41, 5.74) is 3.52. The molecule has 2 heterocycles. The molecule has 0 bridgehead atoms. The van der Waals surface area contributed by atoms with Crippen molar-refractivity contribution in [2.45, 2.75) is 24.7 Å². The van der Waals surface area contributed by atoms with Crippen molar-refractivity contribution in [2.75, 3.05) is 0 Å². The number of rotatable bonds is 3. The molecule has 0 unspecified atom stereocenters.